The van der Waals surface area contributed by atoms with Gasteiger partial charge in [0.05, 0.1) is 0 Å². The summed E-state index contributed by atoms with van der Waals surface area (Å²) in [7, 11) is 0. The monoisotopic (exact) mass is 919 g/mol. The molecular weight excluding hydrogens is 878 g/mol. The van der Waals surface area contributed by atoms with Gasteiger partial charge in [0.25, 0.3) is 0 Å². The van der Waals surface area contributed by atoms with Crippen molar-refractivity contribution >= 4 is 33.8 Å². The van der Waals surface area contributed by atoms with Crippen LogP contribution in [0.4, 0.5) is 0 Å². The van der Waals surface area contributed by atoms with Crippen molar-refractivity contribution in [1.82, 2.24) is 15.4 Å². The van der Waals surface area contributed by atoms with Crippen LogP contribution in [0.25, 0.3) is 120 Å². The van der Waals surface area contributed by atoms with Crippen LogP contribution in [-0.2, 0) is 0 Å². The van der Waals surface area contributed by atoms with E-state index in [0.29, 0.717) is 0 Å². The Morgan fingerprint density at radius 1 is 0.239 bits per heavy atom. The molecule has 0 aliphatic rings. The summed E-state index contributed by atoms with van der Waals surface area (Å²) < 4.78 is 2.68. The van der Waals surface area contributed by atoms with Gasteiger partial charge in [-0.3, -0.25) is 0 Å². The van der Waals surface area contributed by atoms with Gasteiger partial charge in [0, 0.05) is 0 Å². The van der Waals surface area contributed by atoms with Gasteiger partial charge in [-0.15, -0.1) is 0 Å². The molecule has 0 bridgehead atoms. The number of hydrogen-bond donors (Lipinski definition) is 0. The Bertz CT molecular complexity index is 3700. The van der Waals surface area contributed by atoms with Crippen LogP contribution >= 0.6 is 0 Å². The fourth-order valence-corrected chi connectivity index (χ4v) is 12.8. The number of nitrogens with zero attached hydrogens (tertiary/aromatic N) is 3. The maximum atomic E-state index is 5.27. The molecule has 314 valence electrons. The molecule has 0 saturated heterocycles. The minimum atomic E-state index is -0.151. The zero-order valence-corrected chi connectivity index (χ0v) is 38.1. The zero-order valence-electron chi connectivity index (χ0n) is 36.4. The molecule has 0 aliphatic heterocycles. The summed E-state index contributed by atoms with van der Waals surface area (Å²) in [5, 5.41) is 17.3. The molecule has 2 heterocycles. The number of benzene rings is 10. The van der Waals surface area contributed by atoms with Crippen molar-refractivity contribution in [2.24, 2.45) is 0 Å². The molecule has 2 aromatic heterocycles. The van der Waals surface area contributed by atoms with Crippen LogP contribution in [0.5, 0.6) is 0 Å². The summed E-state index contributed by atoms with van der Waals surface area (Å²) in [5.74, 6) is 0. The SMILES string of the molecule is c1ccc(-c2ccccc2-c2c(-c3ccccc3)c(-c3ccccc3)c3[se]c4c(-c5ccccc5-c5ccccc5)cccc4c3c2-c2nnnc(-c3ccccc3)c2-c2ccccc2)cc1. The van der Waals surface area contributed by atoms with E-state index in [1.807, 2.05) is 6.07 Å². The Morgan fingerprint density at radius 2 is 0.642 bits per heavy atom. The molecule has 0 atom stereocenters. The molecule has 0 saturated carbocycles. The van der Waals surface area contributed by atoms with Gasteiger partial charge in [-0.2, -0.15) is 0 Å². The van der Waals surface area contributed by atoms with Crippen LogP contribution < -0.4 is 0 Å². The second-order valence-corrected chi connectivity index (χ2v) is 18.8. The Labute approximate surface area is 396 Å². The summed E-state index contributed by atoms with van der Waals surface area (Å²) in [6, 6.07) is 89.4. The Hall–Kier alpha value is -8.27. The molecule has 12 aromatic rings. The first-order valence-corrected chi connectivity index (χ1v) is 24.3. The van der Waals surface area contributed by atoms with Crippen molar-refractivity contribution in [3.63, 3.8) is 0 Å². The van der Waals surface area contributed by atoms with E-state index >= 15 is 0 Å². The number of hydrogen-bond acceptors (Lipinski definition) is 3. The molecule has 0 spiro atoms. The van der Waals surface area contributed by atoms with Crippen molar-refractivity contribution in [2.45, 2.75) is 0 Å². The summed E-state index contributed by atoms with van der Waals surface area (Å²) in [6.07, 6.45) is 0. The van der Waals surface area contributed by atoms with Crippen LogP contribution in [0.15, 0.2) is 249 Å². The molecule has 0 unspecified atom stereocenters. The quantitative estimate of drug-likeness (QED) is 0.135. The van der Waals surface area contributed by atoms with Gasteiger partial charge in [0.2, 0.25) is 0 Å². The first-order valence-electron chi connectivity index (χ1n) is 22.6. The van der Waals surface area contributed by atoms with Gasteiger partial charge in [-0.05, 0) is 0 Å². The predicted molar refractivity (Wildman–Crippen MR) is 281 cm³/mol. The molecule has 10 aromatic carbocycles. The first-order chi connectivity index (χ1) is 33.3. The Morgan fingerprint density at radius 3 is 1.19 bits per heavy atom. The van der Waals surface area contributed by atoms with E-state index in [-0.39, 0.29) is 14.5 Å². The minimum absolute atomic E-state index is 0.151. The van der Waals surface area contributed by atoms with Crippen LogP contribution in [0.2, 0.25) is 0 Å². The van der Waals surface area contributed by atoms with Crippen molar-refractivity contribution in [1.29, 1.82) is 0 Å². The van der Waals surface area contributed by atoms with E-state index in [1.165, 1.54) is 58.2 Å². The van der Waals surface area contributed by atoms with E-state index in [1.54, 1.807) is 0 Å². The van der Waals surface area contributed by atoms with Crippen molar-refractivity contribution in [3.05, 3.63) is 249 Å². The van der Waals surface area contributed by atoms with E-state index in [9.17, 15) is 0 Å². The van der Waals surface area contributed by atoms with Crippen LogP contribution in [0.3, 0.4) is 0 Å². The van der Waals surface area contributed by atoms with E-state index < -0.39 is 0 Å². The number of fused-ring (bicyclic) bond motifs is 3. The second kappa shape index (κ2) is 17.6. The standard InChI is InChI=1S/C63H41N3Se/c1-7-24-42(25-8-1)48-36-19-21-38-50(48)52-40-23-41-53-58-59(61-56(46-32-15-5-16-33-46)60(64-66-65-61)47-34-17-6-18-35-47)57(51-39-22-20-37-49(51)43-26-9-2-10-27-43)54(44-28-11-3-12-29-44)55(63(58)67-62(52)53)45-30-13-4-14-31-45/h1-41H. The molecule has 0 amide bonds. The van der Waals surface area contributed by atoms with Crippen LogP contribution in [0.1, 0.15) is 0 Å². The van der Waals surface area contributed by atoms with Crippen molar-refractivity contribution < 1.29 is 0 Å². The first kappa shape index (κ1) is 40.3. The summed E-state index contributed by atoms with van der Waals surface area (Å²) in [5.41, 5.74) is 19.7. The van der Waals surface area contributed by atoms with Crippen molar-refractivity contribution in [3.8, 4) is 100 Å². The fourth-order valence-electron chi connectivity index (χ4n) is 9.86. The number of rotatable bonds is 9. The molecule has 3 nitrogen and oxygen atoms in total. The Balaban J connectivity index is 1.35. The summed E-state index contributed by atoms with van der Waals surface area (Å²) in [6.45, 7) is 0. The van der Waals surface area contributed by atoms with Gasteiger partial charge < -0.3 is 0 Å². The third kappa shape index (κ3) is 7.21. The third-order valence-corrected chi connectivity index (χ3v) is 15.4. The molecule has 0 N–H and O–H groups in total. The Kier molecular flexibility index (Phi) is 10.6. The molecule has 67 heavy (non-hydrogen) atoms. The maximum absolute atomic E-state index is 5.27. The van der Waals surface area contributed by atoms with Crippen LogP contribution in [-0.4, -0.2) is 29.9 Å². The van der Waals surface area contributed by atoms with Crippen molar-refractivity contribution in [2.75, 3.05) is 0 Å². The van der Waals surface area contributed by atoms with Gasteiger partial charge in [0.1, 0.15) is 0 Å². The van der Waals surface area contributed by atoms with Gasteiger partial charge in [0.15, 0.2) is 0 Å². The topological polar surface area (TPSA) is 38.7 Å². The molecule has 0 fully saturated rings. The zero-order chi connectivity index (χ0) is 44.5. The molecular formula is C63H41N3Se. The van der Waals surface area contributed by atoms with Gasteiger partial charge >= 0.3 is 398 Å². The van der Waals surface area contributed by atoms with E-state index in [2.05, 4.69) is 243 Å². The molecule has 12 rings (SSSR count). The van der Waals surface area contributed by atoms with E-state index in [0.717, 1.165) is 61.5 Å². The normalized spacial score (nSPS) is 11.3. The summed E-state index contributed by atoms with van der Waals surface area (Å²) in [4.78, 5) is 0. The van der Waals surface area contributed by atoms with Crippen LogP contribution in [0, 0.1) is 0 Å². The average molecular weight is 919 g/mol. The summed E-state index contributed by atoms with van der Waals surface area (Å²) >= 11 is -0.151. The fraction of sp³-hybridized carbons (Fsp3) is 0. The van der Waals surface area contributed by atoms with E-state index in [4.69, 9.17) is 15.4 Å². The molecule has 4 heteroatoms. The number of aromatic nitrogens is 3. The average Bonchev–Trinajstić information content (AvgIpc) is 3.81. The second-order valence-electron chi connectivity index (χ2n) is 16.6. The predicted octanol–water partition coefficient (Wildman–Crippen LogP) is 16.2. The molecule has 0 aliphatic carbocycles. The third-order valence-electron chi connectivity index (χ3n) is 12.8. The molecule has 0 radical (unpaired) electrons. The van der Waals surface area contributed by atoms with Gasteiger partial charge in [-0.25, -0.2) is 0 Å². The van der Waals surface area contributed by atoms with Gasteiger partial charge in [-0.1, -0.05) is 0 Å².